The van der Waals surface area contributed by atoms with Crippen molar-refractivity contribution in [1.82, 2.24) is 9.78 Å². The maximum atomic E-state index is 11.4. The highest BCUT2D eigenvalue weighted by Crippen LogP contribution is 1.93. The third-order valence-corrected chi connectivity index (χ3v) is 1.80. The molecule has 0 saturated heterocycles. The molecule has 0 aliphatic carbocycles. The van der Waals surface area contributed by atoms with Gasteiger partial charge in [0.2, 0.25) is 0 Å². The highest BCUT2D eigenvalue weighted by Gasteiger charge is 2.10. The van der Waals surface area contributed by atoms with E-state index in [1.54, 1.807) is 0 Å². The molecule has 1 aromatic rings. The van der Waals surface area contributed by atoms with E-state index in [1.807, 2.05) is 0 Å². The molecule has 0 saturated carbocycles. The molecule has 0 atom stereocenters. The van der Waals surface area contributed by atoms with Crippen LogP contribution in [0, 0.1) is 0 Å². The van der Waals surface area contributed by atoms with E-state index in [9.17, 15) is 9.59 Å². The van der Waals surface area contributed by atoms with E-state index in [2.05, 4.69) is 9.84 Å². The van der Waals surface area contributed by atoms with Crippen LogP contribution in [-0.2, 0) is 22.5 Å². The minimum Gasteiger partial charge on any atom is -0.469 e. The van der Waals surface area contributed by atoms with Crippen molar-refractivity contribution in [3.05, 3.63) is 22.1 Å². The fourth-order valence-corrected chi connectivity index (χ4v) is 1.07. The maximum absolute atomic E-state index is 11.4. The van der Waals surface area contributed by atoms with Gasteiger partial charge in [-0.2, -0.15) is 0 Å². The zero-order valence-electron chi connectivity index (χ0n) is 7.82. The first-order valence-electron chi connectivity index (χ1n) is 4.13. The van der Waals surface area contributed by atoms with Gasteiger partial charge in [0.25, 0.3) is 5.56 Å². The zero-order valence-corrected chi connectivity index (χ0v) is 7.82. The number of hydrogen-bond acceptors (Lipinski definition) is 4. The van der Waals surface area contributed by atoms with Crippen molar-refractivity contribution in [2.45, 2.75) is 13.0 Å². The second-order valence-corrected chi connectivity index (χ2v) is 2.73. The van der Waals surface area contributed by atoms with E-state index in [4.69, 9.17) is 5.11 Å². The van der Waals surface area contributed by atoms with Gasteiger partial charge in [0, 0.05) is 11.8 Å². The van der Waals surface area contributed by atoms with Gasteiger partial charge in [-0.05, 0) is 0 Å². The van der Waals surface area contributed by atoms with Crippen LogP contribution in [0.1, 0.15) is 5.56 Å². The van der Waals surface area contributed by atoms with E-state index in [-0.39, 0.29) is 25.1 Å². The van der Waals surface area contributed by atoms with Crippen molar-refractivity contribution >= 4 is 5.97 Å². The number of esters is 1. The van der Waals surface area contributed by atoms with E-state index in [0.717, 1.165) is 0 Å². The molecule has 0 aromatic carbocycles. The number of nitrogens with one attached hydrogen (secondary N) is 1. The van der Waals surface area contributed by atoms with Gasteiger partial charge in [0.05, 0.1) is 26.7 Å². The molecule has 1 heterocycles. The molecule has 0 aliphatic heterocycles. The number of methoxy groups -OCH3 is 1. The van der Waals surface area contributed by atoms with E-state index >= 15 is 0 Å². The van der Waals surface area contributed by atoms with Crippen LogP contribution in [0.3, 0.4) is 0 Å². The number of carbonyl (C=O) groups is 1. The summed E-state index contributed by atoms with van der Waals surface area (Å²) in [6.45, 7) is 0.0675. The predicted molar refractivity (Wildman–Crippen MR) is 47.9 cm³/mol. The summed E-state index contributed by atoms with van der Waals surface area (Å²) >= 11 is 0. The number of carbonyl (C=O) groups excluding carboxylic acids is 1. The van der Waals surface area contributed by atoms with Gasteiger partial charge < -0.3 is 14.9 Å². The molecule has 0 unspecified atom stereocenters. The Hall–Kier alpha value is -1.56. The molecule has 0 fully saturated rings. The Labute approximate surface area is 80.1 Å². The van der Waals surface area contributed by atoms with E-state index < -0.39 is 5.97 Å². The number of nitrogens with zero attached hydrogens (tertiary/aromatic N) is 1. The van der Waals surface area contributed by atoms with Crippen LogP contribution in [0.25, 0.3) is 0 Å². The van der Waals surface area contributed by atoms with E-state index in [1.165, 1.54) is 18.0 Å². The van der Waals surface area contributed by atoms with Crippen molar-refractivity contribution < 1.29 is 14.6 Å². The van der Waals surface area contributed by atoms with Crippen LogP contribution in [0.4, 0.5) is 0 Å². The second kappa shape index (κ2) is 4.61. The molecule has 0 amide bonds. The number of rotatable bonds is 4. The van der Waals surface area contributed by atoms with Gasteiger partial charge in [0.1, 0.15) is 0 Å². The Balaban J connectivity index is 2.79. The third kappa shape index (κ3) is 2.23. The first-order chi connectivity index (χ1) is 6.69. The average Bonchev–Trinajstić information content (AvgIpc) is 2.50. The minimum atomic E-state index is -0.461. The Morgan fingerprint density at radius 2 is 2.43 bits per heavy atom. The summed E-state index contributed by atoms with van der Waals surface area (Å²) < 4.78 is 5.66. The largest absolute Gasteiger partial charge is 0.469 e. The molecular formula is C8H12N2O4. The molecule has 0 spiro atoms. The quantitative estimate of drug-likeness (QED) is 0.603. The lowest BCUT2D eigenvalue weighted by Crippen LogP contribution is -2.22. The van der Waals surface area contributed by atoms with Crippen LogP contribution in [0.15, 0.2) is 11.0 Å². The van der Waals surface area contributed by atoms with Gasteiger partial charge in [-0.25, -0.2) is 0 Å². The normalized spacial score (nSPS) is 10.1. The molecule has 1 aromatic heterocycles. The average molecular weight is 200 g/mol. The lowest BCUT2D eigenvalue weighted by molar-refractivity contribution is -0.139. The molecule has 0 radical (unpaired) electrons. The molecule has 1 rings (SSSR count). The van der Waals surface area contributed by atoms with Crippen molar-refractivity contribution in [3.63, 3.8) is 0 Å². The molecular weight excluding hydrogens is 188 g/mol. The number of hydrogen-bond donors (Lipinski definition) is 2. The number of H-pyrrole nitrogens is 1. The fraction of sp³-hybridized carbons (Fsp3) is 0.500. The number of aliphatic hydroxyl groups excluding tert-OH is 1. The van der Waals surface area contributed by atoms with Crippen LogP contribution in [0.2, 0.25) is 0 Å². The van der Waals surface area contributed by atoms with Crippen LogP contribution in [0.5, 0.6) is 0 Å². The maximum Gasteiger partial charge on any atom is 0.310 e. The molecule has 78 valence electrons. The smallest absolute Gasteiger partial charge is 0.310 e. The second-order valence-electron chi connectivity index (χ2n) is 2.73. The lowest BCUT2D eigenvalue weighted by atomic mass is 10.2. The highest BCUT2D eigenvalue weighted by molar-refractivity contribution is 5.72. The van der Waals surface area contributed by atoms with Crippen LogP contribution < -0.4 is 5.56 Å². The molecule has 2 N–H and O–H groups in total. The minimum absolute atomic E-state index is 0.0513. The highest BCUT2D eigenvalue weighted by atomic mass is 16.5. The Morgan fingerprint density at radius 3 is 3.00 bits per heavy atom. The summed E-state index contributed by atoms with van der Waals surface area (Å²) in [4.78, 5) is 22.3. The Bertz CT molecular complexity index is 366. The van der Waals surface area contributed by atoms with Gasteiger partial charge >= 0.3 is 5.97 Å². The lowest BCUT2D eigenvalue weighted by Gasteiger charge is -1.95. The first kappa shape index (κ1) is 10.5. The van der Waals surface area contributed by atoms with Crippen molar-refractivity contribution in [1.29, 1.82) is 0 Å². The van der Waals surface area contributed by atoms with Crippen molar-refractivity contribution in [3.8, 4) is 0 Å². The summed E-state index contributed by atoms with van der Waals surface area (Å²) in [5.74, 6) is -0.461. The van der Waals surface area contributed by atoms with Gasteiger partial charge in [-0.3, -0.25) is 14.3 Å². The summed E-state index contributed by atoms with van der Waals surface area (Å²) in [6.07, 6.45) is 1.39. The number of aromatic nitrogens is 2. The summed E-state index contributed by atoms with van der Waals surface area (Å²) in [5.41, 5.74) is 0.0368. The third-order valence-electron chi connectivity index (χ3n) is 1.80. The number of ether oxygens (including phenoxy) is 1. The topological polar surface area (TPSA) is 84.3 Å². The predicted octanol–water partition coefficient (Wildman–Crippen LogP) is -1.12. The fourth-order valence-electron chi connectivity index (χ4n) is 1.07. The Morgan fingerprint density at radius 1 is 1.71 bits per heavy atom. The molecule has 14 heavy (non-hydrogen) atoms. The van der Waals surface area contributed by atoms with Crippen LogP contribution in [-0.4, -0.2) is 34.6 Å². The monoisotopic (exact) mass is 200 g/mol. The SMILES string of the molecule is COC(=O)Cc1c[nH]n(CCO)c1=O. The van der Waals surface area contributed by atoms with Crippen molar-refractivity contribution in [2.24, 2.45) is 0 Å². The molecule has 6 heteroatoms. The molecule has 0 aliphatic rings. The standard InChI is InChI=1S/C8H12N2O4/c1-14-7(12)4-6-5-9-10(2-3-11)8(6)13/h5,9,11H,2-4H2,1H3. The Kier molecular flexibility index (Phi) is 3.47. The molecule has 0 bridgehead atoms. The number of aliphatic hydroxyl groups is 1. The summed E-state index contributed by atoms with van der Waals surface area (Å²) in [7, 11) is 1.27. The molecule has 6 nitrogen and oxygen atoms in total. The zero-order chi connectivity index (χ0) is 10.6. The first-order valence-corrected chi connectivity index (χ1v) is 4.13. The summed E-state index contributed by atoms with van der Waals surface area (Å²) in [6, 6.07) is 0. The summed E-state index contributed by atoms with van der Waals surface area (Å²) in [5, 5.41) is 11.3. The van der Waals surface area contributed by atoms with Crippen LogP contribution >= 0.6 is 0 Å². The van der Waals surface area contributed by atoms with E-state index in [0.29, 0.717) is 5.56 Å². The van der Waals surface area contributed by atoms with Gasteiger partial charge in [-0.1, -0.05) is 0 Å². The van der Waals surface area contributed by atoms with Gasteiger partial charge in [-0.15, -0.1) is 0 Å². The van der Waals surface area contributed by atoms with Crippen molar-refractivity contribution in [2.75, 3.05) is 13.7 Å². The van der Waals surface area contributed by atoms with Gasteiger partial charge in [0.15, 0.2) is 0 Å². The number of aromatic amines is 1.